The first-order valence-corrected chi connectivity index (χ1v) is 18.2. The highest BCUT2D eigenvalue weighted by Gasteiger charge is 2.45. The van der Waals surface area contributed by atoms with Crippen LogP contribution < -0.4 is 0 Å². The van der Waals surface area contributed by atoms with Gasteiger partial charge in [0, 0.05) is 22.0 Å². The molecule has 53 heavy (non-hydrogen) atoms. The van der Waals surface area contributed by atoms with Crippen LogP contribution in [0.25, 0.3) is 66.7 Å². The molecule has 1 aliphatic rings. The van der Waals surface area contributed by atoms with Gasteiger partial charge in [0.05, 0.1) is 33.2 Å². The molecule has 0 unspecified atom stereocenters. The number of hydrogen-bond acceptors (Lipinski definition) is 1. The summed E-state index contributed by atoms with van der Waals surface area (Å²) in [6.45, 7) is 0. The molecular weight excluding hydrogens is 643 g/mol. The Balaban J connectivity index is 1.11. The highest BCUT2D eigenvalue weighted by molar-refractivity contribution is 6.13. The molecule has 0 atom stereocenters. The Kier molecular flexibility index (Phi) is 6.47. The van der Waals surface area contributed by atoms with Crippen molar-refractivity contribution in [2.24, 2.45) is 0 Å². The van der Waals surface area contributed by atoms with Gasteiger partial charge in [0.15, 0.2) is 0 Å². The van der Waals surface area contributed by atoms with Crippen molar-refractivity contribution in [3.8, 4) is 33.9 Å². The minimum absolute atomic E-state index is 0.474. The number of rotatable bonds is 5. The van der Waals surface area contributed by atoms with Crippen molar-refractivity contribution >= 4 is 32.8 Å². The van der Waals surface area contributed by atoms with E-state index in [0.717, 1.165) is 28.1 Å². The van der Waals surface area contributed by atoms with E-state index >= 15 is 0 Å². The van der Waals surface area contributed by atoms with Crippen molar-refractivity contribution in [1.29, 1.82) is 0 Å². The Morgan fingerprint density at radius 1 is 0.396 bits per heavy atom. The van der Waals surface area contributed by atoms with Gasteiger partial charge >= 0.3 is 0 Å². The molecule has 0 amide bonds. The van der Waals surface area contributed by atoms with Crippen LogP contribution in [0.4, 0.5) is 0 Å². The minimum Gasteiger partial charge on any atom is -0.309 e. The van der Waals surface area contributed by atoms with E-state index in [2.05, 4.69) is 203 Å². The number of benzene rings is 8. The predicted octanol–water partition coefficient (Wildman–Crippen LogP) is 12.2. The van der Waals surface area contributed by atoms with E-state index in [1.165, 1.54) is 60.9 Å². The van der Waals surface area contributed by atoms with E-state index < -0.39 is 5.41 Å². The molecule has 0 radical (unpaired) electrons. The Bertz CT molecular complexity index is 2930. The first-order chi connectivity index (χ1) is 26.3. The molecule has 0 fully saturated rings. The van der Waals surface area contributed by atoms with E-state index in [4.69, 9.17) is 4.98 Å². The fraction of sp³-hybridized carbons (Fsp3) is 0.0200. The zero-order chi connectivity index (χ0) is 34.9. The summed E-state index contributed by atoms with van der Waals surface area (Å²) in [4.78, 5) is 5.05. The van der Waals surface area contributed by atoms with Crippen molar-refractivity contribution in [2.75, 3.05) is 0 Å². The lowest BCUT2D eigenvalue weighted by atomic mass is 9.63. The average molecular weight is 676 g/mol. The number of hydrogen-bond donors (Lipinski definition) is 0. The van der Waals surface area contributed by atoms with Crippen molar-refractivity contribution < 1.29 is 0 Å². The molecule has 0 saturated carbocycles. The molecule has 0 spiro atoms. The van der Waals surface area contributed by atoms with Crippen LogP contribution in [0.5, 0.6) is 0 Å². The molecule has 248 valence electrons. The van der Waals surface area contributed by atoms with Gasteiger partial charge in [0.1, 0.15) is 5.82 Å². The Hall–Kier alpha value is -6.97. The zero-order valence-electron chi connectivity index (χ0n) is 28.9. The smallest absolute Gasteiger partial charge is 0.145 e. The van der Waals surface area contributed by atoms with Gasteiger partial charge in [-0.05, 0) is 75.8 Å². The van der Waals surface area contributed by atoms with Crippen LogP contribution in [0.15, 0.2) is 200 Å². The zero-order valence-corrected chi connectivity index (χ0v) is 28.9. The van der Waals surface area contributed by atoms with Crippen LogP contribution in [0.2, 0.25) is 0 Å². The Morgan fingerprint density at radius 2 is 1.02 bits per heavy atom. The SMILES string of the molecule is c1ccc(-c2nc3ccccc3n2-c2ccc(-c3ccc4c(c3)c3cccc5c3n4-c3ccccc3C5(c3ccccc3)c3ccccc3)cc2)cc1. The predicted molar refractivity (Wildman–Crippen MR) is 218 cm³/mol. The molecule has 3 nitrogen and oxygen atoms in total. The van der Waals surface area contributed by atoms with Gasteiger partial charge in [-0.2, -0.15) is 0 Å². The number of nitrogens with zero attached hydrogens (tertiary/aromatic N) is 3. The molecule has 11 rings (SSSR count). The first-order valence-electron chi connectivity index (χ1n) is 18.2. The minimum atomic E-state index is -0.474. The van der Waals surface area contributed by atoms with E-state index in [1.54, 1.807) is 0 Å². The molecule has 0 aliphatic carbocycles. The maximum Gasteiger partial charge on any atom is 0.145 e. The fourth-order valence-electron chi connectivity index (χ4n) is 8.97. The lowest BCUT2D eigenvalue weighted by Gasteiger charge is -2.41. The third kappa shape index (κ3) is 4.25. The van der Waals surface area contributed by atoms with E-state index in [1.807, 2.05) is 6.07 Å². The highest BCUT2D eigenvalue weighted by Crippen LogP contribution is 2.54. The van der Waals surface area contributed by atoms with Gasteiger partial charge in [0.25, 0.3) is 0 Å². The standard InChI is InChI=1S/C50H33N3/c1-4-15-35(16-5-1)49-51-44-24-11-13-26-47(44)52(49)39-30-27-34(28-31-39)36-29-32-45-41(33-36)40-21-14-23-43-48(40)53(45)46-25-12-10-22-42(46)50(43,37-17-6-2-7-18-37)38-19-8-3-9-20-38/h1-33H. The molecule has 0 N–H and O–H groups in total. The Morgan fingerprint density at radius 3 is 1.77 bits per heavy atom. The van der Waals surface area contributed by atoms with Gasteiger partial charge < -0.3 is 4.57 Å². The molecule has 2 aromatic heterocycles. The second-order valence-electron chi connectivity index (χ2n) is 13.9. The van der Waals surface area contributed by atoms with Gasteiger partial charge in [0.2, 0.25) is 0 Å². The summed E-state index contributed by atoms with van der Waals surface area (Å²) >= 11 is 0. The number of imidazole rings is 1. The van der Waals surface area contributed by atoms with Gasteiger partial charge in [-0.3, -0.25) is 4.57 Å². The number of fused-ring (bicyclic) bond motifs is 6. The maximum absolute atomic E-state index is 5.05. The van der Waals surface area contributed by atoms with Crippen LogP contribution in [0.1, 0.15) is 22.3 Å². The lowest BCUT2D eigenvalue weighted by molar-refractivity contribution is 0.728. The van der Waals surface area contributed by atoms with Crippen LogP contribution >= 0.6 is 0 Å². The van der Waals surface area contributed by atoms with Crippen molar-refractivity contribution in [2.45, 2.75) is 5.41 Å². The third-order valence-electron chi connectivity index (χ3n) is 11.2. The summed E-state index contributed by atoms with van der Waals surface area (Å²) in [7, 11) is 0. The quantitative estimate of drug-likeness (QED) is 0.178. The summed E-state index contributed by atoms with van der Waals surface area (Å²) in [6.07, 6.45) is 0. The Labute approximate surface area is 307 Å². The lowest BCUT2D eigenvalue weighted by Crippen LogP contribution is -2.35. The van der Waals surface area contributed by atoms with Crippen molar-refractivity contribution in [3.63, 3.8) is 0 Å². The fourth-order valence-corrected chi connectivity index (χ4v) is 8.97. The molecule has 0 bridgehead atoms. The molecular formula is C50H33N3. The molecule has 3 heterocycles. The summed E-state index contributed by atoms with van der Waals surface area (Å²) in [5.41, 5.74) is 15.0. The summed E-state index contributed by atoms with van der Waals surface area (Å²) < 4.78 is 4.77. The summed E-state index contributed by atoms with van der Waals surface area (Å²) in [6, 6.07) is 72.7. The van der Waals surface area contributed by atoms with E-state index in [-0.39, 0.29) is 0 Å². The second kappa shape index (κ2) is 11.5. The normalized spacial score (nSPS) is 13.1. The van der Waals surface area contributed by atoms with Crippen LogP contribution in [-0.4, -0.2) is 14.1 Å². The third-order valence-corrected chi connectivity index (χ3v) is 11.2. The van der Waals surface area contributed by atoms with Crippen LogP contribution in [0, 0.1) is 0 Å². The number of aromatic nitrogens is 3. The van der Waals surface area contributed by atoms with Crippen molar-refractivity contribution in [1.82, 2.24) is 14.1 Å². The molecule has 3 heteroatoms. The van der Waals surface area contributed by atoms with Crippen molar-refractivity contribution in [3.05, 3.63) is 222 Å². The summed E-state index contributed by atoms with van der Waals surface area (Å²) in [5.74, 6) is 0.942. The molecule has 8 aromatic carbocycles. The first kappa shape index (κ1) is 29.7. The van der Waals surface area contributed by atoms with Gasteiger partial charge in [-0.15, -0.1) is 0 Å². The highest BCUT2D eigenvalue weighted by atomic mass is 15.1. The monoisotopic (exact) mass is 675 g/mol. The van der Waals surface area contributed by atoms with Crippen LogP contribution in [-0.2, 0) is 5.41 Å². The molecule has 1 aliphatic heterocycles. The summed E-state index contributed by atoms with van der Waals surface area (Å²) in [5, 5.41) is 2.52. The van der Waals surface area contributed by atoms with Gasteiger partial charge in [-0.1, -0.05) is 158 Å². The number of para-hydroxylation sites is 4. The molecule has 0 saturated heterocycles. The van der Waals surface area contributed by atoms with E-state index in [0.29, 0.717) is 0 Å². The van der Waals surface area contributed by atoms with E-state index in [9.17, 15) is 0 Å². The molecule has 10 aromatic rings. The second-order valence-corrected chi connectivity index (χ2v) is 13.9. The topological polar surface area (TPSA) is 22.8 Å². The largest absolute Gasteiger partial charge is 0.309 e. The van der Waals surface area contributed by atoms with Gasteiger partial charge in [-0.25, -0.2) is 4.98 Å². The maximum atomic E-state index is 5.05. The van der Waals surface area contributed by atoms with Crippen LogP contribution in [0.3, 0.4) is 0 Å². The average Bonchev–Trinajstić information content (AvgIpc) is 3.79.